The highest BCUT2D eigenvalue weighted by atomic mass is 16.5. The van der Waals surface area contributed by atoms with Crippen molar-refractivity contribution in [2.75, 3.05) is 56.3 Å². The number of methoxy groups -OCH3 is 7. The summed E-state index contributed by atoms with van der Waals surface area (Å²) in [6.45, 7) is 0.735. The standard InChI is InChI=1S/C37H41NO11/c1-42-24-10-8-21(9-11-24)27(19-33(40)47-6)36-35(41)28(39)17-25(49-36)20-38-13-12-22-14-29(43-2)30(44-3)18-26(22)34(38)23-15-31(45-4)37(48-7)32(16-23)46-5/h8-11,14-18,27,34,41H,12-13,19-20H2,1-7H3/t27-,34-/m1/s1. The third-order valence-electron chi connectivity index (χ3n) is 8.77. The highest BCUT2D eigenvalue weighted by Gasteiger charge is 2.34. The van der Waals surface area contributed by atoms with Gasteiger partial charge >= 0.3 is 5.97 Å². The van der Waals surface area contributed by atoms with E-state index in [0.29, 0.717) is 58.8 Å². The molecule has 260 valence electrons. The van der Waals surface area contributed by atoms with E-state index in [-0.39, 0.29) is 18.7 Å². The second-order valence-electron chi connectivity index (χ2n) is 11.4. The zero-order valence-corrected chi connectivity index (χ0v) is 28.7. The molecule has 0 unspecified atom stereocenters. The lowest BCUT2D eigenvalue weighted by atomic mass is 9.87. The number of hydrogen-bond donors (Lipinski definition) is 1. The number of carbonyl (C=O) groups is 1. The number of esters is 1. The predicted molar refractivity (Wildman–Crippen MR) is 180 cm³/mol. The third kappa shape index (κ3) is 7.09. The van der Waals surface area contributed by atoms with E-state index >= 15 is 0 Å². The second kappa shape index (κ2) is 15.2. The van der Waals surface area contributed by atoms with E-state index in [1.54, 1.807) is 66.9 Å². The summed E-state index contributed by atoms with van der Waals surface area (Å²) in [6, 6.07) is 15.5. The van der Waals surface area contributed by atoms with Gasteiger partial charge < -0.3 is 42.7 Å². The van der Waals surface area contributed by atoms with Crippen LogP contribution >= 0.6 is 0 Å². The summed E-state index contributed by atoms with van der Waals surface area (Å²) in [7, 11) is 10.7. The van der Waals surface area contributed by atoms with Crippen LogP contribution in [0.25, 0.3) is 0 Å². The van der Waals surface area contributed by atoms with E-state index in [0.717, 1.165) is 16.7 Å². The van der Waals surface area contributed by atoms with Crippen molar-refractivity contribution < 1.29 is 47.5 Å². The Balaban J connectivity index is 1.64. The van der Waals surface area contributed by atoms with E-state index in [4.69, 9.17) is 37.6 Å². The Morgan fingerprint density at radius 1 is 0.837 bits per heavy atom. The average Bonchev–Trinajstić information content (AvgIpc) is 3.13. The minimum atomic E-state index is -0.810. The molecule has 0 fully saturated rings. The van der Waals surface area contributed by atoms with Gasteiger partial charge in [0.1, 0.15) is 11.5 Å². The summed E-state index contributed by atoms with van der Waals surface area (Å²) in [5.41, 5.74) is 2.82. The lowest BCUT2D eigenvalue weighted by Crippen LogP contribution is -2.36. The maximum absolute atomic E-state index is 13.3. The normalized spacial score (nSPS) is 14.7. The zero-order valence-electron chi connectivity index (χ0n) is 28.7. The summed E-state index contributed by atoms with van der Waals surface area (Å²) >= 11 is 0. The monoisotopic (exact) mass is 675 g/mol. The van der Waals surface area contributed by atoms with Gasteiger partial charge in [0.05, 0.1) is 74.7 Å². The molecule has 0 spiro atoms. The van der Waals surface area contributed by atoms with Crippen molar-refractivity contribution in [2.45, 2.75) is 31.3 Å². The molecule has 4 aromatic rings. The summed E-state index contributed by atoms with van der Waals surface area (Å²) in [6.07, 6.45) is 0.484. The number of rotatable bonds is 13. The zero-order chi connectivity index (χ0) is 35.2. The summed E-state index contributed by atoms with van der Waals surface area (Å²) in [4.78, 5) is 28.0. The Labute approximate surface area is 284 Å². The molecule has 2 atom stereocenters. The van der Waals surface area contributed by atoms with E-state index in [1.807, 2.05) is 24.3 Å². The predicted octanol–water partition coefficient (Wildman–Crippen LogP) is 5.24. The van der Waals surface area contributed by atoms with Crippen LogP contribution in [0.4, 0.5) is 0 Å². The fourth-order valence-corrected chi connectivity index (χ4v) is 6.34. The van der Waals surface area contributed by atoms with E-state index in [2.05, 4.69) is 4.90 Å². The highest BCUT2D eigenvalue weighted by Crippen LogP contribution is 2.46. The van der Waals surface area contributed by atoms with Crippen LogP contribution < -0.4 is 33.8 Å². The van der Waals surface area contributed by atoms with Crippen LogP contribution in [0.5, 0.6) is 40.2 Å². The van der Waals surface area contributed by atoms with Gasteiger partial charge in [-0.2, -0.15) is 0 Å². The molecule has 1 N–H and O–H groups in total. The Morgan fingerprint density at radius 3 is 2.04 bits per heavy atom. The van der Waals surface area contributed by atoms with Gasteiger partial charge in [-0.1, -0.05) is 12.1 Å². The third-order valence-corrected chi connectivity index (χ3v) is 8.77. The van der Waals surface area contributed by atoms with Crippen molar-refractivity contribution in [3.8, 4) is 40.2 Å². The fraction of sp³-hybridized carbons (Fsp3) is 0.351. The van der Waals surface area contributed by atoms with Crippen LogP contribution in [0, 0.1) is 0 Å². The quantitative estimate of drug-likeness (QED) is 0.186. The molecular formula is C37H41NO11. The number of carbonyl (C=O) groups excluding carboxylic acids is 1. The van der Waals surface area contributed by atoms with Crippen LogP contribution in [0.15, 0.2) is 63.8 Å². The molecule has 2 heterocycles. The van der Waals surface area contributed by atoms with Gasteiger partial charge in [0.25, 0.3) is 0 Å². The van der Waals surface area contributed by atoms with Crippen LogP contribution in [-0.2, 0) is 22.5 Å². The molecule has 0 bridgehead atoms. The van der Waals surface area contributed by atoms with Crippen molar-refractivity contribution in [3.05, 3.63) is 98.6 Å². The molecule has 0 saturated carbocycles. The smallest absolute Gasteiger partial charge is 0.306 e. The van der Waals surface area contributed by atoms with E-state index < -0.39 is 29.1 Å². The average molecular weight is 676 g/mol. The minimum Gasteiger partial charge on any atom is -0.502 e. The summed E-state index contributed by atoms with van der Waals surface area (Å²) in [5, 5.41) is 11.0. The summed E-state index contributed by atoms with van der Waals surface area (Å²) < 4.78 is 44.9. The molecule has 1 aromatic heterocycles. The van der Waals surface area contributed by atoms with Gasteiger partial charge in [-0.25, -0.2) is 0 Å². The molecule has 12 nitrogen and oxygen atoms in total. The molecule has 0 amide bonds. The van der Waals surface area contributed by atoms with E-state index in [9.17, 15) is 14.7 Å². The molecule has 12 heteroatoms. The number of aromatic hydroxyl groups is 1. The molecule has 0 radical (unpaired) electrons. The van der Waals surface area contributed by atoms with Crippen molar-refractivity contribution >= 4 is 5.97 Å². The first-order chi connectivity index (χ1) is 23.7. The fourth-order valence-electron chi connectivity index (χ4n) is 6.34. The molecule has 1 aliphatic heterocycles. The Hall–Kier alpha value is -5.36. The Kier molecular flexibility index (Phi) is 10.9. The number of nitrogens with zero attached hydrogens (tertiary/aromatic N) is 1. The number of fused-ring (bicyclic) bond motifs is 1. The first-order valence-electron chi connectivity index (χ1n) is 15.5. The minimum absolute atomic E-state index is 0.0359. The highest BCUT2D eigenvalue weighted by molar-refractivity contribution is 5.71. The SMILES string of the molecule is COC(=O)C[C@H](c1ccc(OC)cc1)c1oc(CN2CCc3cc(OC)c(OC)cc3[C@H]2c2cc(OC)c(OC)c(OC)c2)cc(=O)c1O. The number of hydrogen-bond acceptors (Lipinski definition) is 12. The van der Waals surface area contributed by atoms with Crippen molar-refractivity contribution in [2.24, 2.45) is 0 Å². The maximum atomic E-state index is 13.3. The molecule has 1 aliphatic rings. The van der Waals surface area contributed by atoms with Gasteiger partial charge in [0.15, 0.2) is 28.8 Å². The van der Waals surface area contributed by atoms with Gasteiger partial charge in [0, 0.05) is 12.6 Å². The molecule has 49 heavy (non-hydrogen) atoms. The van der Waals surface area contributed by atoms with Crippen LogP contribution in [0.2, 0.25) is 0 Å². The maximum Gasteiger partial charge on any atom is 0.306 e. The molecular weight excluding hydrogens is 634 g/mol. The molecule has 0 saturated heterocycles. The van der Waals surface area contributed by atoms with Gasteiger partial charge in [-0.05, 0) is 65.1 Å². The van der Waals surface area contributed by atoms with Crippen LogP contribution in [0.1, 0.15) is 52.2 Å². The van der Waals surface area contributed by atoms with E-state index in [1.165, 1.54) is 13.2 Å². The lowest BCUT2D eigenvalue weighted by molar-refractivity contribution is -0.140. The van der Waals surface area contributed by atoms with Crippen LogP contribution in [0.3, 0.4) is 0 Å². The number of benzene rings is 3. The topological polar surface area (TPSA) is 135 Å². The van der Waals surface area contributed by atoms with Crippen LogP contribution in [-0.4, -0.2) is 72.3 Å². The Bertz CT molecular complexity index is 1830. The molecule has 3 aromatic carbocycles. The molecule has 0 aliphatic carbocycles. The largest absolute Gasteiger partial charge is 0.502 e. The second-order valence-corrected chi connectivity index (χ2v) is 11.4. The molecule has 5 rings (SSSR count). The first kappa shape index (κ1) is 35.0. The van der Waals surface area contributed by atoms with Gasteiger partial charge in [0.2, 0.25) is 16.9 Å². The number of ether oxygens (including phenoxy) is 7. The first-order valence-corrected chi connectivity index (χ1v) is 15.5. The summed E-state index contributed by atoms with van der Waals surface area (Å²) in [5.74, 6) is 1.53. The Morgan fingerprint density at radius 2 is 1.47 bits per heavy atom. The lowest BCUT2D eigenvalue weighted by Gasteiger charge is -2.38. The van der Waals surface area contributed by atoms with Crippen molar-refractivity contribution in [3.63, 3.8) is 0 Å². The van der Waals surface area contributed by atoms with Crippen molar-refractivity contribution in [1.29, 1.82) is 0 Å². The van der Waals surface area contributed by atoms with Crippen molar-refractivity contribution in [1.82, 2.24) is 4.90 Å². The van der Waals surface area contributed by atoms with Gasteiger partial charge in [-0.3, -0.25) is 14.5 Å². The van der Waals surface area contributed by atoms with Gasteiger partial charge in [-0.15, -0.1) is 0 Å².